The molecule has 24 heavy (non-hydrogen) atoms. The van der Waals surface area contributed by atoms with Crippen molar-refractivity contribution in [1.82, 2.24) is 24.6 Å². The number of hydrogen-bond donors (Lipinski definition) is 0. The average Bonchev–Trinajstić information content (AvgIpc) is 2.86. The molecule has 3 rings (SSSR count). The summed E-state index contributed by atoms with van der Waals surface area (Å²) in [7, 11) is 2.00. The van der Waals surface area contributed by atoms with Crippen LogP contribution in [0.4, 0.5) is 0 Å². The molecular formula is C17H29N5O2. The normalized spacial score (nSPS) is 26.8. The van der Waals surface area contributed by atoms with Gasteiger partial charge in [-0.15, -0.1) is 10.2 Å². The Morgan fingerprint density at radius 2 is 1.79 bits per heavy atom. The van der Waals surface area contributed by atoms with Crippen LogP contribution >= 0.6 is 0 Å². The molecule has 2 unspecified atom stereocenters. The van der Waals surface area contributed by atoms with E-state index in [2.05, 4.69) is 15.1 Å². The van der Waals surface area contributed by atoms with E-state index >= 15 is 0 Å². The molecule has 0 aromatic carbocycles. The van der Waals surface area contributed by atoms with Crippen molar-refractivity contribution in [3.05, 3.63) is 11.6 Å². The van der Waals surface area contributed by atoms with Crippen LogP contribution in [0.15, 0.2) is 0 Å². The van der Waals surface area contributed by atoms with Gasteiger partial charge in [-0.25, -0.2) is 0 Å². The van der Waals surface area contributed by atoms with Crippen molar-refractivity contribution in [3.63, 3.8) is 0 Å². The maximum atomic E-state index is 12.8. The van der Waals surface area contributed by atoms with Gasteiger partial charge >= 0.3 is 0 Å². The van der Waals surface area contributed by atoms with Crippen LogP contribution in [0.3, 0.4) is 0 Å². The van der Waals surface area contributed by atoms with Gasteiger partial charge in [-0.1, -0.05) is 0 Å². The molecule has 7 heteroatoms. The van der Waals surface area contributed by atoms with E-state index in [-0.39, 0.29) is 18.1 Å². The number of carbonyl (C=O) groups is 1. The highest BCUT2D eigenvalue weighted by Crippen LogP contribution is 2.23. The van der Waals surface area contributed by atoms with E-state index in [9.17, 15) is 4.79 Å². The van der Waals surface area contributed by atoms with Crippen LogP contribution in [-0.4, -0.2) is 68.9 Å². The van der Waals surface area contributed by atoms with Gasteiger partial charge in [0.25, 0.3) is 0 Å². The monoisotopic (exact) mass is 335 g/mol. The minimum absolute atomic E-state index is 0.136. The lowest BCUT2D eigenvalue weighted by atomic mass is 9.94. The molecule has 2 atom stereocenters. The second kappa shape index (κ2) is 7.19. The summed E-state index contributed by atoms with van der Waals surface area (Å²) in [6.45, 7) is 10.2. The molecule has 0 aliphatic carbocycles. The Hall–Kier alpha value is -1.47. The molecule has 1 aromatic heterocycles. The zero-order valence-corrected chi connectivity index (χ0v) is 15.2. The predicted molar refractivity (Wildman–Crippen MR) is 90.3 cm³/mol. The summed E-state index contributed by atoms with van der Waals surface area (Å²) in [4.78, 5) is 17.2. The second-order valence-corrected chi connectivity index (χ2v) is 7.27. The number of aryl methyl sites for hydroxylation is 1. The lowest BCUT2D eigenvalue weighted by Gasteiger charge is -2.39. The van der Waals surface area contributed by atoms with Crippen LogP contribution in [0.1, 0.15) is 38.3 Å². The summed E-state index contributed by atoms with van der Waals surface area (Å²) >= 11 is 0. The highest BCUT2D eigenvalue weighted by Gasteiger charge is 2.32. The highest BCUT2D eigenvalue weighted by molar-refractivity contribution is 5.79. The van der Waals surface area contributed by atoms with Gasteiger partial charge in [0, 0.05) is 26.1 Å². The van der Waals surface area contributed by atoms with E-state index in [4.69, 9.17) is 4.74 Å². The third kappa shape index (κ3) is 3.78. The van der Waals surface area contributed by atoms with Crippen molar-refractivity contribution in [2.75, 3.05) is 26.2 Å². The van der Waals surface area contributed by atoms with Gasteiger partial charge in [0.1, 0.15) is 11.6 Å². The molecule has 2 aliphatic heterocycles. The first-order chi connectivity index (χ1) is 11.4. The lowest BCUT2D eigenvalue weighted by molar-refractivity contribution is -0.148. The minimum atomic E-state index is 0.136. The zero-order chi connectivity index (χ0) is 17.3. The maximum absolute atomic E-state index is 12.8. The number of carbonyl (C=O) groups excluding carboxylic acids is 1. The standard InChI is InChI=1S/C17H29N5O2/c1-12-9-22(10-13(2)24-12)17(23)15-5-7-21(8-6-15)11-16-19-18-14(3)20(16)4/h12-13,15H,5-11H2,1-4H3. The molecule has 0 N–H and O–H groups in total. The molecule has 0 spiro atoms. The summed E-state index contributed by atoms with van der Waals surface area (Å²) in [6, 6.07) is 0. The van der Waals surface area contributed by atoms with E-state index < -0.39 is 0 Å². The Balaban J connectivity index is 1.51. The number of likely N-dealkylation sites (tertiary alicyclic amines) is 1. The van der Waals surface area contributed by atoms with Crippen molar-refractivity contribution >= 4 is 5.91 Å². The molecule has 0 radical (unpaired) electrons. The smallest absolute Gasteiger partial charge is 0.225 e. The fraction of sp³-hybridized carbons (Fsp3) is 0.824. The molecule has 1 aromatic rings. The van der Waals surface area contributed by atoms with Crippen molar-refractivity contribution < 1.29 is 9.53 Å². The Kier molecular flexibility index (Phi) is 5.20. The van der Waals surface area contributed by atoms with E-state index in [0.29, 0.717) is 5.91 Å². The Bertz CT molecular complexity index is 570. The second-order valence-electron chi connectivity index (χ2n) is 7.27. The molecule has 134 valence electrons. The first-order valence-electron chi connectivity index (χ1n) is 8.95. The number of rotatable bonds is 3. The molecular weight excluding hydrogens is 306 g/mol. The fourth-order valence-corrected chi connectivity index (χ4v) is 3.74. The number of amides is 1. The topological polar surface area (TPSA) is 63.5 Å². The molecule has 3 heterocycles. The van der Waals surface area contributed by atoms with Crippen molar-refractivity contribution in [3.8, 4) is 0 Å². The van der Waals surface area contributed by atoms with Crippen molar-refractivity contribution in [2.45, 2.75) is 52.4 Å². The van der Waals surface area contributed by atoms with Crippen molar-refractivity contribution in [2.24, 2.45) is 13.0 Å². The Morgan fingerprint density at radius 1 is 1.17 bits per heavy atom. The molecule has 0 saturated carbocycles. The van der Waals surface area contributed by atoms with Crippen LogP contribution in [0, 0.1) is 12.8 Å². The van der Waals surface area contributed by atoms with Crippen LogP contribution in [0.2, 0.25) is 0 Å². The van der Waals surface area contributed by atoms with Crippen LogP contribution in [0.25, 0.3) is 0 Å². The zero-order valence-electron chi connectivity index (χ0n) is 15.2. The van der Waals surface area contributed by atoms with Gasteiger partial charge in [0.2, 0.25) is 5.91 Å². The van der Waals surface area contributed by atoms with Crippen LogP contribution in [0.5, 0.6) is 0 Å². The van der Waals surface area contributed by atoms with Gasteiger partial charge in [-0.3, -0.25) is 9.69 Å². The first-order valence-corrected chi connectivity index (χ1v) is 8.95. The first kappa shape index (κ1) is 17.4. The highest BCUT2D eigenvalue weighted by atomic mass is 16.5. The lowest BCUT2D eigenvalue weighted by Crippen LogP contribution is -2.51. The van der Waals surface area contributed by atoms with Gasteiger partial charge < -0.3 is 14.2 Å². The number of nitrogens with zero attached hydrogens (tertiary/aromatic N) is 5. The summed E-state index contributed by atoms with van der Waals surface area (Å²) in [5, 5.41) is 8.35. The van der Waals surface area contributed by atoms with E-state index in [1.807, 2.05) is 37.3 Å². The Labute approximate surface area is 144 Å². The van der Waals surface area contributed by atoms with E-state index in [1.54, 1.807) is 0 Å². The summed E-state index contributed by atoms with van der Waals surface area (Å²) in [5.74, 6) is 2.39. The molecule has 7 nitrogen and oxygen atoms in total. The van der Waals surface area contributed by atoms with Crippen LogP contribution < -0.4 is 0 Å². The predicted octanol–water partition coefficient (Wildman–Crippen LogP) is 0.971. The minimum Gasteiger partial charge on any atom is -0.372 e. The average molecular weight is 335 g/mol. The largest absolute Gasteiger partial charge is 0.372 e. The number of piperidine rings is 1. The van der Waals surface area contributed by atoms with E-state index in [0.717, 1.165) is 57.2 Å². The number of aromatic nitrogens is 3. The fourth-order valence-electron chi connectivity index (χ4n) is 3.74. The maximum Gasteiger partial charge on any atom is 0.225 e. The summed E-state index contributed by atoms with van der Waals surface area (Å²) in [5.41, 5.74) is 0. The third-order valence-electron chi connectivity index (χ3n) is 5.22. The van der Waals surface area contributed by atoms with Gasteiger partial charge in [0.15, 0.2) is 0 Å². The van der Waals surface area contributed by atoms with Crippen molar-refractivity contribution in [1.29, 1.82) is 0 Å². The van der Waals surface area contributed by atoms with E-state index in [1.165, 1.54) is 0 Å². The summed E-state index contributed by atoms with van der Waals surface area (Å²) < 4.78 is 7.77. The summed E-state index contributed by atoms with van der Waals surface area (Å²) in [6.07, 6.45) is 2.12. The Morgan fingerprint density at radius 3 is 2.33 bits per heavy atom. The third-order valence-corrected chi connectivity index (χ3v) is 5.22. The SMILES string of the molecule is Cc1nnc(CN2CCC(C(=O)N3CC(C)OC(C)C3)CC2)n1C. The number of ether oxygens (including phenoxy) is 1. The number of hydrogen-bond acceptors (Lipinski definition) is 5. The van der Waals surface area contributed by atoms with Gasteiger partial charge in [-0.05, 0) is 46.7 Å². The molecule has 2 fully saturated rings. The molecule has 0 bridgehead atoms. The molecule has 1 amide bonds. The number of morpholine rings is 1. The van der Waals surface area contributed by atoms with Crippen LogP contribution in [-0.2, 0) is 23.1 Å². The van der Waals surface area contributed by atoms with Gasteiger partial charge in [-0.2, -0.15) is 0 Å². The quantitative estimate of drug-likeness (QED) is 0.824. The molecule has 2 aliphatic rings. The molecule has 2 saturated heterocycles. The van der Waals surface area contributed by atoms with Gasteiger partial charge in [0.05, 0.1) is 18.8 Å².